The highest BCUT2D eigenvalue weighted by Crippen LogP contribution is 2.31. The summed E-state index contributed by atoms with van der Waals surface area (Å²) in [6.07, 6.45) is 10.9. The summed E-state index contributed by atoms with van der Waals surface area (Å²) < 4.78 is 2.17. The first-order chi connectivity index (χ1) is 9.25. The van der Waals surface area contributed by atoms with Crippen LogP contribution in [-0.2, 0) is 0 Å². The van der Waals surface area contributed by atoms with Crippen molar-refractivity contribution in [2.24, 2.45) is 0 Å². The Morgan fingerprint density at radius 3 is 2.58 bits per heavy atom. The Labute approximate surface area is 114 Å². The molecule has 1 fully saturated rings. The quantitative estimate of drug-likeness (QED) is 0.850. The van der Waals surface area contributed by atoms with Gasteiger partial charge in [-0.15, -0.1) is 0 Å². The minimum Gasteiger partial charge on any atom is -0.369 e. The second kappa shape index (κ2) is 5.19. The largest absolute Gasteiger partial charge is 0.369 e. The van der Waals surface area contributed by atoms with Gasteiger partial charge in [-0.1, -0.05) is 32.1 Å². The molecule has 102 valence electrons. The van der Waals surface area contributed by atoms with Gasteiger partial charge in [0.15, 0.2) is 5.65 Å². The van der Waals surface area contributed by atoms with Crippen molar-refractivity contribution in [3.05, 3.63) is 17.8 Å². The van der Waals surface area contributed by atoms with E-state index in [0.717, 1.165) is 16.7 Å². The van der Waals surface area contributed by atoms with Gasteiger partial charge in [0.05, 0.1) is 0 Å². The molecule has 0 atom stereocenters. The second-order valence-corrected chi connectivity index (χ2v) is 5.69. The van der Waals surface area contributed by atoms with E-state index in [1.165, 1.54) is 44.9 Å². The van der Waals surface area contributed by atoms with E-state index in [1.54, 1.807) is 0 Å². The minimum absolute atomic E-state index is 0.473. The van der Waals surface area contributed by atoms with Gasteiger partial charge in [-0.25, -0.2) is 9.97 Å². The van der Waals surface area contributed by atoms with E-state index in [9.17, 15) is 0 Å². The maximum Gasteiger partial charge on any atom is 0.202 e. The Morgan fingerprint density at radius 2 is 1.84 bits per heavy atom. The van der Waals surface area contributed by atoms with Crippen molar-refractivity contribution < 1.29 is 0 Å². The van der Waals surface area contributed by atoms with Crippen LogP contribution in [0.3, 0.4) is 0 Å². The first kappa shape index (κ1) is 12.5. The van der Waals surface area contributed by atoms with E-state index in [2.05, 4.69) is 20.6 Å². The normalized spacial score (nSPS) is 18.4. The zero-order chi connectivity index (χ0) is 13.2. The molecule has 2 N–H and O–H groups in total. The third-order valence-electron chi connectivity index (χ3n) is 4.13. The molecule has 2 aromatic rings. The van der Waals surface area contributed by atoms with Crippen molar-refractivity contribution in [2.75, 3.05) is 5.73 Å². The minimum atomic E-state index is 0.473. The van der Waals surface area contributed by atoms with E-state index in [4.69, 9.17) is 5.73 Å². The molecular formula is C15H22N4. The van der Waals surface area contributed by atoms with Crippen LogP contribution in [0, 0.1) is 6.92 Å². The van der Waals surface area contributed by atoms with Gasteiger partial charge >= 0.3 is 0 Å². The highest BCUT2D eigenvalue weighted by Gasteiger charge is 2.19. The van der Waals surface area contributed by atoms with E-state index < -0.39 is 0 Å². The average Bonchev–Trinajstić information content (AvgIpc) is 2.64. The standard InChI is InChI=1S/C15H22N4/c1-11-9-13-14(17-10-11)19(15(16)18-13)12-7-5-3-2-4-6-8-12/h9-10,12H,2-8H2,1H3,(H2,16,18). The number of nitrogens with two attached hydrogens (primary N) is 1. The van der Waals surface area contributed by atoms with E-state index >= 15 is 0 Å². The Hall–Kier alpha value is -1.58. The van der Waals surface area contributed by atoms with Gasteiger partial charge in [0.1, 0.15) is 5.52 Å². The first-order valence-electron chi connectivity index (χ1n) is 7.36. The summed E-state index contributed by atoms with van der Waals surface area (Å²) in [5.74, 6) is 0.624. The molecular weight excluding hydrogens is 236 g/mol. The highest BCUT2D eigenvalue weighted by molar-refractivity contribution is 5.74. The molecule has 19 heavy (non-hydrogen) atoms. The molecule has 0 radical (unpaired) electrons. The summed E-state index contributed by atoms with van der Waals surface area (Å²) in [6, 6.07) is 2.54. The van der Waals surface area contributed by atoms with Gasteiger partial charge in [-0.3, -0.25) is 4.57 Å². The fraction of sp³-hybridized carbons (Fsp3) is 0.600. The molecule has 0 spiro atoms. The Balaban J connectivity index is 2.00. The van der Waals surface area contributed by atoms with Crippen LogP contribution in [0.2, 0.25) is 0 Å². The van der Waals surface area contributed by atoms with Gasteiger partial charge < -0.3 is 5.73 Å². The van der Waals surface area contributed by atoms with Crippen molar-refractivity contribution in [2.45, 2.75) is 57.9 Å². The molecule has 1 aliphatic rings. The summed E-state index contributed by atoms with van der Waals surface area (Å²) in [5.41, 5.74) is 9.15. The fourth-order valence-corrected chi connectivity index (χ4v) is 3.15. The number of fused-ring (bicyclic) bond motifs is 1. The molecule has 4 nitrogen and oxygen atoms in total. The SMILES string of the molecule is Cc1cnc2c(c1)nc(N)n2C1CCCCCCC1. The molecule has 1 saturated carbocycles. The molecule has 4 heteroatoms. The zero-order valence-corrected chi connectivity index (χ0v) is 11.6. The van der Waals surface area contributed by atoms with Crippen LogP contribution < -0.4 is 5.73 Å². The van der Waals surface area contributed by atoms with Gasteiger partial charge in [0.2, 0.25) is 5.95 Å². The Bertz CT molecular complexity index is 565. The van der Waals surface area contributed by atoms with Crippen molar-refractivity contribution >= 4 is 17.1 Å². The number of nitrogen functional groups attached to an aromatic ring is 1. The number of hydrogen-bond acceptors (Lipinski definition) is 3. The predicted molar refractivity (Wildman–Crippen MR) is 78.0 cm³/mol. The number of anilines is 1. The van der Waals surface area contributed by atoms with Crippen molar-refractivity contribution in [1.82, 2.24) is 14.5 Å². The van der Waals surface area contributed by atoms with Crippen LogP contribution in [0.4, 0.5) is 5.95 Å². The number of aromatic nitrogens is 3. The topological polar surface area (TPSA) is 56.7 Å². The lowest BCUT2D eigenvalue weighted by Gasteiger charge is -2.22. The van der Waals surface area contributed by atoms with Crippen LogP contribution in [0.5, 0.6) is 0 Å². The molecule has 0 saturated heterocycles. The molecule has 0 unspecified atom stereocenters. The van der Waals surface area contributed by atoms with Gasteiger partial charge in [-0.2, -0.15) is 0 Å². The summed E-state index contributed by atoms with van der Waals surface area (Å²) in [5, 5.41) is 0. The molecule has 0 aliphatic heterocycles. The van der Waals surface area contributed by atoms with E-state index in [-0.39, 0.29) is 0 Å². The Morgan fingerprint density at radius 1 is 1.16 bits per heavy atom. The van der Waals surface area contributed by atoms with Crippen LogP contribution in [0.1, 0.15) is 56.6 Å². The lowest BCUT2D eigenvalue weighted by atomic mass is 9.96. The number of aryl methyl sites for hydroxylation is 1. The lowest BCUT2D eigenvalue weighted by molar-refractivity contribution is 0.380. The average molecular weight is 258 g/mol. The molecule has 0 aromatic carbocycles. The summed E-state index contributed by atoms with van der Waals surface area (Å²) in [7, 11) is 0. The fourth-order valence-electron chi connectivity index (χ4n) is 3.15. The third kappa shape index (κ3) is 2.44. The summed E-state index contributed by atoms with van der Waals surface area (Å²) in [6.45, 7) is 2.04. The first-order valence-corrected chi connectivity index (χ1v) is 7.36. The second-order valence-electron chi connectivity index (χ2n) is 5.69. The zero-order valence-electron chi connectivity index (χ0n) is 11.6. The van der Waals surface area contributed by atoms with Gasteiger partial charge in [-0.05, 0) is 31.4 Å². The number of hydrogen-bond donors (Lipinski definition) is 1. The molecule has 0 bridgehead atoms. The molecule has 2 heterocycles. The number of pyridine rings is 1. The Kier molecular flexibility index (Phi) is 3.40. The molecule has 3 rings (SSSR count). The highest BCUT2D eigenvalue weighted by atomic mass is 15.2. The number of rotatable bonds is 1. The lowest BCUT2D eigenvalue weighted by Crippen LogP contribution is -2.14. The van der Waals surface area contributed by atoms with Crippen LogP contribution in [-0.4, -0.2) is 14.5 Å². The number of imidazole rings is 1. The van der Waals surface area contributed by atoms with Crippen LogP contribution in [0.15, 0.2) is 12.3 Å². The number of nitrogens with zero attached hydrogens (tertiary/aromatic N) is 3. The van der Waals surface area contributed by atoms with Crippen LogP contribution in [0.25, 0.3) is 11.2 Å². The smallest absolute Gasteiger partial charge is 0.202 e. The maximum atomic E-state index is 6.14. The summed E-state index contributed by atoms with van der Waals surface area (Å²) in [4.78, 5) is 9.03. The van der Waals surface area contributed by atoms with Crippen molar-refractivity contribution in [1.29, 1.82) is 0 Å². The maximum absolute atomic E-state index is 6.14. The molecule has 2 aromatic heterocycles. The predicted octanol–water partition coefficient (Wildman–Crippen LogP) is 3.61. The van der Waals surface area contributed by atoms with Crippen molar-refractivity contribution in [3.8, 4) is 0 Å². The van der Waals surface area contributed by atoms with Crippen molar-refractivity contribution in [3.63, 3.8) is 0 Å². The van der Waals surface area contributed by atoms with E-state index in [1.807, 2.05) is 13.1 Å². The van der Waals surface area contributed by atoms with E-state index in [0.29, 0.717) is 12.0 Å². The van der Waals surface area contributed by atoms with Gasteiger partial charge in [0.25, 0.3) is 0 Å². The monoisotopic (exact) mass is 258 g/mol. The van der Waals surface area contributed by atoms with Gasteiger partial charge in [0, 0.05) is 12.2 Å². The molecule has 1 aliphatic carbocycles. The molecule has 0 amide bonds. The summed E-state index contributed by atoms with van der Waals surface area (Å²) >= 11 is 0. The third-order valence-corrected chi connectivity index (χ3v) is 4.13. The van der Waals surface area contributed by atoms with Crippen LogP contribution >= 0.6 is 0 Å².